The molecule has 0 unspecified atom stereocenters. The first-order chi connectivity index (χ1) is 10.7. The zero-order chi connectivity index (χ0) is 15.4. The van der Waals surface area contributed by atoms with Crippen molar-refractivity contribution in [3.05, 3.63) is 46.2 Å². The van der Waals surface area contributed by atoms with Gasteiger partial charge in [-0.3, -0.25) is 4.79 Å². The number of thiazole rings is 1. The van der Waals surface area contributed by atoms with Gasteiger partial charge in [-0.25, -0.2) is 4.98 Å². The van der Waals surface area contributed by atoms with Crippen LogP contribution in [0, 0.1) is 6.92 Å². The number of thiophene rings is 1. The molecule has 0 aliphatic heterocycles. The van der Waals surface area contributed by atoms with Crippen LogP contribution in [0.4, 0.5) is 0 Å². The highest BCUT2D eigenvalue weighted by atomic mass is 32.2. The van der Waals surface area contributed by atoms with Crippen molar-refractivity contribution in [2.75, 3.05) is 5.75 Å². The predicted octanol–water partition coefficient (Wildman–Crippen LogP) is 4.46. The second-order valence-corrected chi connectivity index (χ2v) is 8.22. The molecule has 0 spiro atoms. The molecular formula is C16H16N2OS3. The van der Waals surface area contributed by atoms with Crippen molar-refractivity contribution in [2.24, 2.45) is 0 Å². The SMILES string of the molecule is Cc1ccsc1CNC(=O)CCSc1nc2ccccc2s1. The molecule has 3 rings (SSSR count). The van der Waals surface area contributed by atoms with Gasteiger partial charge in [-0.2, -0.15) is 0 Å². The Kier molecular flexibility index (Phi) is 5.12. The van der Waals surface area contributed by atoms with E-state index in [1.54, 1.807) is 34.4 Å². The molecule has 0 bridgehead atoms. The topological polar surface area (TPSA) is 42.0 Å². The molecular weight excluding hydrogens is 332 g/mol. The van der Waals surface area contributed by atoms with Crippen LogP contribution in [0.15, 0.2) is 40.1 Å². The minimum atomic E-state index is 0.0985. The zero-order valence-corrected chi connectivity index (χ0v) is 14.6. The lowest BCUT2D eigenvalue weighted by atomic mass is 10.3. The van der Waals surface area contributed by atoms with E-state index in [0.717, 1.165) is 15.6 Å². The number of carbonyl (C=O) groups is 1. The zero-order valence-electron chi connectivity index (χ0n) is 12.2. The van der Waals surface area contributed by atoms with Crippen LogP contribution in [-0.2, 0) is 11.3 Å². The number of nitrogens with one attached hydrogen (secondary N) is 1. The summed E-state index contributed by atoms with van der Waals surface area (Å²) in [6, 6.07) is 10.2. The van der Waals surface area contributed by atoms with Crippen LogP contribution in [-0.4, -0.2) is 16.6 Å². The van der Waals surface area contributed by atoms with Crippen LogP contribution in [0.2, 0.25) is 0 Å². The fourth-order valence-electron chi connectivity index (χ4n) is 2.00. The van der Waals surface area contributed by atoms with E-state index in [-0.39, 0.29) is 5.91 Å². The quantitative estimate of drug-likeness (QED) is 0.669. The van der Waals surface area contributed by atoms with Gasteiger partial charge in [0.25, 0.3) is 0 Å². The third-order valence-corrected chi connectivity index (χ3v) is 6.45. The molecule has 0 radical (unpaired) electrons. The number of nitrogens with zero attached hydrogens (tertiary/aromatic N) is 1. The predicted molar refractivity (Wildman–Crippen MR) is 95.9 cm³/mol. The van der Waals surface area contributed by atoms with E-state index >= 15 is 0 Å². The average Bonchev–Trinajstić information content (AvgIpc) is 3.10. The molecule has 0 saturated heterocycles. The van der Waals surface area contributed by atoms with Gasteiger partial charge in [0.15, 0.2) is 4.34 Å². The largest absolute Gasteiger partial charge is 0.351 e. The van der Waals surface area contributed by atoms with Gasteiger partial charge in [0.05, 0.1) is 16.8 Å². The Morgan fingerprint density at radius 2 is 2.18 bits per heavy atom. The van der Waals surface area contributed by atoms with Crippen LogP contribution in [0.25, 0.3) is 10.2 Å². The molecule has 0 atom stereocenters. The Hall–Kier alpha value is -1.37. The van der Waals surface area contributed by atoms with E-state index in [0.29, 0.717) is 13.0 Å². The van der Waals surface area contributed by atoms with E-state index in [1.165, 1.54) is 15.1 Å². The van der Waals surface area contributed by atoms with Crippen LogP contribution in [0.3, 0.4) is 0 Å². The monoisotopic (exact) mass is 348 g/mol. The van der Waals surface area contributed by atoms with Gasteiger partial charge in [-0.05, 0) is 36.1 Å². The van der Waals surface area contributed by atoms with Crippen molar-refractivity contribution in [2.45, 2.75) is 24.2 Å². The number of carbonyl (C=O) groups excluding carboxylic acids is 1. The van der Waals surface area contributed by atoms with Crippen molar-refractivity contribution < 1.29 is 4.79 Å². The Bertz CT molecular complexity index is 745. The fraction of sp³-hybridized carbons (Fsp3) is 0.250. The maximum absolute atomic E-state index is 11.9. The molecule has 0 aliphatic carbocycles. The molecule has 2 heterocycles. The number of hydrogen-bond acceptors (Lipinski definition) is 5. The highest BCUT2D eigenvalue weighted by Crippen LogP contribution is 2.29. The van der Waals surface area contributed by atoms with Gasteiger partial charge in [-0.1, -0.05) is 23.9 Å². The van der Waals surface area contributed by atoms with Crippen LogP contribution in [0.1, 0.15) is 16.9 Å². The first-order valence-corrected chi connectivity index (χ1v) is 9.68. The summed E-state index contributed by atoms with van der Waals surface area (Å²) in [5.41, 5.74) is 2.28. The molecule has 22 heavy (non-hydrogen) atoms. The lowest BCUT2D eigenvalue weighted by Crippen LogP contribution is -2.22. The first-order valence-electron chi connectivity index (χ1n) is 7.00. The van der Waals surface area contributed by atoms with Gasteiger partial charge in [0.2, 0.25) is 5.91 Å². The molecule has 0 aliphatic rings. The summed E-state index contributed by atoms with van der Waals surface area (Å²) >= 11 is 5.02. The standard InChI is InChI=1S/C16H16N2OS3/c1-11-6-8-20-14(11)10-17-15(19)7-9-21-16-18-12-4-2-3-5-13(12)22-16/h2-6,8H,7,9-10H2,1H3,(H,17,19). The Labute approximate surface area is 141 Å². The lowest BCUT2D eigenvalue weighted by Gasteiger charge is -2.04. The summed E-state index contributed by atoms with van der Waals surface area (Å²) in [6.07, 6.45) is 0.519. The number of hydrogen-bond donors (Lipinski definition) is 1. The second kappa shape index (κ2) is 7.26. The van der Waals surface area contributed by atoms with Crippen molar-refractivity contribution >= 4 is 50.6 Å². The van der Waals surface area contributed by atoms with Crippen LogP contribution < -0.4 is 5.32 Å². The van der Waals surface area contributed by atoms with Gasteiger partial charge >= 0.3 is 0 Å². The molecule has 0 saturated carbocycles. The van der Waals surface area contributed by atoms with Gasteiger partial charge < -0.3 is 5.32 Å². The van der Waals surface area contributed by atoms with Crippen LogP contribution in [0.5, 0.6) is 0 Å². The Balaban J connectivity index is 1.44. The summed E-state index contributed by atoms with van der Waals surface area (Å²) < 4.78 is 2.23. The van der Waals surface area contributed by atoms with Crippen molar-refractivity contribution in [3.8, 4) is 0 Å². The van der Waals surface area contributed by atoms with E-state index in [4.69, 9.17) is 0 Å². The molecule has 1 amide bonds. The molecule has 0 fully saturated rings. The number of para-hydroxylation sites is 1. The summed E-state index contributed by atoms with van der Waals surface area (Å²) in [5.74, 6) is 0.858. The molecule has 3 aromatic rings. The molecule has 114 valence electrons. The second-order valence-electron chi connectivity index (χ2n) is 4.85. The van der Waals surface area contributed by atoms with E-state index in [1.807, 2.05) is 18.2 Å². The minimum Gasteiger partial charge on any atom is -0.351 e. The van der Waals surface area contributed by atoms with E-state index in [2.05, 4.69) is 34.7 Å². The summed E-state index contributed by atoms with van der Waals surface area (Å²) in [4.78, 5) is 17.7. The number of thioether (sulfide) groups is 1. The van der Waals surface area contributed by atoms with Gasteiger partial charge in [0.1, 0.15) is 0 Å². The summed E-state index contributed by atoms with van der Waals surface area (Å²) in [6.45, 7) is 2.70. The smallest absolute Gasteiger partial charge is 0.221 e. The fourth-order valence-corrected chi connectivity index (χ4v) is 4.92. The van der Waals surface area contributed by atoms with Crippen molar-refractivity contribution in [3.63, 3.8) is 0 Å². The first kappa shape index (κ1) is 15.5. The Morgan fingerprint density at radius 3 is 2.95 bits per heavy atom. The van der Waals surface area contributed by atoms with E-state index < -0.39 is 0 Å². The number of aryl methyl sites for hydroxylation is 1. The Morgan fingerprint density at radius 1 is 1.32 bits per heavy atom. The number of rotatable bonds is 6. The normalized spacial score (nSPS) is 11.0. The molecule has 1 aromatic carbocycles. The number of amides is 1. The molecule has 2 aromatic heterocycles. The third-order valence-electron chi connectivity index (χ3n) is 3.24. The summed E-state index contributed by atoms with van der Waals surface area (Å²) in [7, 11) is 0. The highest BCUT2D eigenvalue weighted by molar-refractivity contribution is 8.01. The van der Waals surface area contributed by atoms with E-state index in [9.17, 15) is 4.79 Å². The van der Waals surface area contributed by atoms with Crippen molar-refractivity contribution in [1.29, 1.82) is 0 Å². The van der Waals surface area contributed by atoms with Crippen molar-refractivity contribution in [1.82, 2.24) is 10.3 Å². The maximum Gasteiger partial charge on any atom is 0.221 e. The van der Waals surface area contributed by atoms with Gasteiger partial charge in [-0.15, -0.1) is 22.7 Å². The molecule has 6 heteroatoms. The van der Waals surface area contributed by atoms with Gasteiger partial charge in [0, 0.05) is 17.1 Å². The minimum absolute atomic E-state index is 0.0985. The maximum atomic E-state index is 11.9. The van der Waals surface area contributed by atoms with Crippen LogP contribution >= 0.6 is 34.4 Å². The number of aromatic nitrogens is 1. The number of fused-ring (bicyclic) bond motifs is 1. The molecule has 1 N–H and O–H groups in total. The highest BCUT2D eigenvalue weighted by Gasteiger charge is 2.07. The number of benzene rings is 1. The summed E-state index contributed by atoms with van der Waals surface area (Å²) in [5, 5.41) is 5.04. The third kappa shape index (κ3) is 3.88. The molecule has 3 nitrogen and oxygen atoms in total. The average molecular weight is 349 g/mol. The lowest BCUT2D eigenvalue weighted by molar-refractivity contribution is -0.120.